The van der Waals surface area contributed by atoms with E-state index >= 15 is 0 Å². The number of aliphatic hydroxyl groups is 5. The van der Waals surface area contributed by atoms with Crippen molar-refractivity contribution in [3.8, 4) is 23.0 Å². The quantitative estimate of drug-likeness (QED) is 0.0578. The van der Waals surface area contributed by atoms with Gasteiger partial charge in [0.05, 0.1) is 65.9 Å². The Morgan fingerprint density at radius 2 is 1.62 bits per heavy atom. The molecule has 0 aliphatic carbocycles. The van der Waals surface area contributed by atoms with Gasteiger partial charge in [0, 0.05) is 61.2 Å². The van der Waals surface area contributed by atoms with Crippen molar-refractivity contribution < 1.29 is 78.9 Å². The van der Waals surface area contributed by atoms with Gasteiger partial charge < -0.3 is 69.9 Å². The van der Waals surface area contributed by atoms with Crippen molar-refractivity contribution >= 4 is 51.5 Å². The number of esters is 1. The Kier molecular flexibility index (Phi) is 14.8. The molecule has 0 radical (unpaired) electrons. The Bertz CT molecular complexity index is 2940. The molecule has 23 nitrogen and oxygen atoms in total. The van der Waals surface area contributed by atoms with Crippen LogP contribution in [0.1, 0.15) is 76.2 Å². The molecular formula is C48H58N6O17. The monoisotopic (exact) mass is 990 g/mol. The number of aromatic nitrogens is 4. The number of Topliss-reactive ketones (excluding diaryl/α,β-unsaturated/α-hetero) is 1. The lowest BCUT2D eigenvalue weighted by molar-refractivity contribution is -0.160. The fourth-order valence-corrected chi connectivity index (χ4v) is 9.27. The van der Waals surface area contributed by atoms with Gasteiger partial charge in [0.25, 0.3) is 11.7 Å². The van der Waals surface area contributed by atoms with E-state index in [1.54, 1.807) is 33.8 Å². The van der Waals surface area contributed by atoms with Crippen molar-refractivity contribution in [2.75, 3.05) is 19.0 Å². The number of hydrogen-bond donors (Lipinski definition) is 9. The van der Waals surface area contributed by atoms with Crippen LogP contribution in [0.25, 0.3) is 21.9 Å². The molecule has 23 heteroatoms. The summed E-state index contributed by atoms with van der Waals surface area (Å²) in [5.41, 5.74) is -2.67. The Balaban J connectivity index is 1.38. The average molecular weight is 991 g/mol. The van der Waals surface area contributed by atoms with Gasteiger partial charge in [-0.2, -0.15) is 9.78 Å². The van der Waals surface area contributed by atoms with Gasteiger partial charge in [0.15, 0.2) is 23.1 Å². The van der Waals surface area contributed by atoms with E-state index in [2.05, 4.69) is 20.4 Å². The number of allylic oxidation sites excluding steroid dienone is 2. The number of anilines is 1. The molecule has 2 aromatic carbocycles. The molecule has 13 atom stereocenters. The molecule has 1 fully saturated rings. The van der Waals surface area contributed by atoms with Crippen LogP contribution >= 0.6 is 0 Å². The summed E-state index contributed by atoms with van der Waals surface area (Å²) >= 11 is 0. The van der Waals surface area contributed by atoms with Gasteiger partial charge in [0.2, 0.25) is 0 Å². The number of ether oxygens (including phenoxy) is 5. The van der Waals surface area contributed by atoms with E-state index in [1.165, 1.54) is 57.6 Å². The number of nitrogens with one attached hydrogen (secondary N) is 1. The number of phenolic OH excluding ortho intramolecular Hbond substituents is 3. The van der Waals surface area contributed by atoms with Crippen molar-refractivity contribution in [3.05, 3.63) is 75.8 Å². The van der Waals surface area contributed by atoms with Crippen LogP contribution in [0.3, 0.4) is 0 Å². The molecule has 0 unspecified atom stereocenters. The minimum absolute atomic E-state index is 0.0291. The molecular weight excluding hydrogens is 933 g/mol. The zero-order valence-electron chi connectivity index (χ0n) is 40.2. The smallest absolute Gasteiger partial charge is 0.312 e. The first-order chi connectivity index (χ1) is 33.5. The van der Waals surface area contributed by atoms with Crippen molar-refractivity contribution in [1.29, 1.82) is 0 Å². The SMILES string of the molecule is CO[C@H]1/C=C/O[C@@]2(C)Oc3c(C)c(O)c4c(O)c(c(/C=N\n5cnc6c(ncn6[C@@H]6O[C@H](CO)[C@@H](O)[C@H]6O)c5=O)c(O)c4c3C2=O)NC(=O)/C(C)=C\C=C\[C@H](C)[C@H](O)[C@@H](C)[C@@H](O)[C@@H](C)[C@H](OC(C)=O)[C@@H]1C. The minimum Gasteiger partial charge on any atom is -0.507 e. The summed E-state index contributed by atoms with van der Waals surface area (Å²) in [6, 6.07) is 0. The number of nitrogens with zero attached hydrogens (tertiary/aromatic N) is 5. The third-order valence-electron chi connectivity index (χ3n) is 13.6. The second kappa shape index (κ2) is 20.2. The molecule has 9 N–H and O–H groups in total. The van der Waals surface area contributed by atoms with Crippen molar-refractivity contribution in [2.24, 2.45) is 28.8 Å². The van der Waals surface area contributed by atoms with Gasteiger partial charge in [0.1, 0.15) is 48.0 Å². The number of amides is 1. The normalized spacial score (nSPS) is 32.5. The maximum Gasteiger partial charge on any atom is 0.312 e. The molecule has 5 bridgehead atoms. The molecule has 4 aliphatic heterocycles. The third kappa shape index (κ3) is 9.25. The summed E-state index contributed by atoms with van der Waals surface area (Å²) in [5, 5.41) is 95.3. The number of hydrogen-bond acceptors (Lipinski definition) is 20. The number of aliphatic hydroxyl groups excluding tert-OH is 5. The fraction of sp³-hybridized carbons (Fsp3) is 0.479. The van der Waals surface area contributed by atoms with E-state index in [0.29, 0.717) is 4.68 Å². The van der Waals surface area contributed by atoms with Gasteiger partial charge in [-0.3, -0.25) is 23.7 Å². The highest BCUT2D eigenvalue weighted by atomic mass is 16.7. The van der Waals surface area contributed by atoms with Crippen LogP contribution in [0.4, 0.5) is 5.69 Å². The van der Waals surface area contributed by atoms with Gasteiger partial charge in [-0.05, 0) is 19.9 Å². The Labute approximate surface area is 405 Å². The van der Waals surface area contributed by atoms with E-state index in [1.807, 2.05) is 0 Å². The maximum atomic E-state index is 14.6. The van der Waals surface area contributed by atoms with E-state index < -0.39 is 148 Å². The number of carbonyl (C=O) groups is 3. The van der Waals surface area contributed by atoms with Crippen molar-refractivity contribution in [2.45, 2.75) is 110 Å². The van der Waals surface area contributed by atoms with Crippen molar-refractivity contribution in [3.63, 3.8) is 0 Å². The van der Waals surface area contributed by atoms with Gasteiger partial charge in [-0.25, -0.2) is 9.97 Å². The number of phenols is 3. The van der Waals surface area contributed by atoms with Crippen LogP contribution in [0.15, 0.2) is 58.7 Å². The molecule has 1 saturated heterocycles. The second-order valence-corrected chi connectivity index (χ2v) is 18.3. The fourth-order valence-electron chi connectivity index (χ4n) is 9.27. The van der Waals surface area contributed by atoms with Gasteiger partial charge in [-0.1, -0.05) is 45.9 Å². The van der Waals surface area contributed by atoms with Crippen LogP contribution in [0.2, 0.25) is 0 Å². The Morgan fingerprint density at radius 1 is 0.915 bits per heavy atom. The number of aromatic hydroxyl groups is 3. The zero-order valence-corrected chi connectivity index (χ0v) is 40.2. The van der Waals surface area contributed by atoms with Gasteiger partial charge >= 0.3 is 17.3 Å². The molecule has 4 aliphatic rings. The number of benzene rings is 2. The highest BCUT2D eigenvalue weighted by molar-refractivity contribution is 6.24. The zero-order chi connectivity index (χ0) is 52.1. The number of fused-ring (bicyclic) bond motifs is 15. The summed E-state index contributed by atoms with van der Waals surface area (Å²) in [6.45, 7) is 11.4. The van der Waals surface area contributed by atoms with Crippen LogP contribution in [0.5, 0.6) is 23.0 Å². The summed E-state index contributed by atoms with van der Waals surface area (Å²) < 4.78 is 31.0. The first-order valence-corrected chi connectivity index (χ1v) is 22.7. The molecule has 1 amide bonds. The second-order valence-electron chi connectivity index (χ2n) is 18.3. The molecule has 2 aromatic heterocycles. The predicted octanol–water partition coefficient (Wildman–Crippen LogP) is 2.15. The standard InChI is InChI=1S/C48H58N6O17/c1-19-11-10-12-20(2)45(65)52-32-26(15-51-54-18-50-44-33(46(54)66)49-17-53(44)47-40(63)38(61)28(16-55)70-47)37(60)29-30(39(32)62)36(59)24(6)42-31(29)43(64)48(8,71-42)68-14-13-27(67-9)21(3)41(69-25(7)56)23(5)35(58)22(4)34(19)57/h10-15,17-19,21-23,27-28,34-35,38,40-41,47,55,57-63H,16H2,1-9H3,(H,52,65)/b11-10+,14-13+,20-12-,51-15-/t19-,21+,22+,23+,27-,28+,34-,35+,38+,40+,41+,47+,48-/m0/s1. The highest BCUT2D eigenvalue weighted by Crippen LogP contribution is 2.55. The van der Waals surface area contributed by atoms with Gasteiger partial charge in [-0.15, -0.1) is 0 Å². The lowest BCUT2D eigenvalue weighted by atomic mass is 9.78. The van der Waals surface area contributed by atoms with Crippen LogP contribution in [-0.4, -0.2) is 146 Å². The molecule has 382 valence electrons. The molecule has 71 heavy (non-hydrogen) atoms. The molecule has 0 saturated carbocycles. The number of methoxy groups -OCH3 is 1. The van der Waals surface area contributed by atoms with E-state index in [0.717, 1.165) is 25.1 Å². The summed E-state index contributed by atoms with van der Waals surface area (Å²) in [4.78, 5) is 63.1. The molecule has 8 rings (SSSR count). The molecule has 6 heterocycles. The maximum absolute atomic E-state index is 14.6. The highest BCUT2D eigenvalue weighted by Gasteiger charge is 2.50. The minimum atomic E-state index is -2.19. The van der Waals surface area contributed by atoms with Crippen LogP contribution < -0.4 is 15.6 Å². The number of carbonyl (C=O) groups excluding carboxylic acids is 3. The third-order valence-corrected chi connectivity index (χ3v) is 13.6. The summed E-state index contributed by atoms with van der Waals surface area (Å²) in [5.74, 6) is -9.90. The first-order valence-electron chi connectivity index (χ1n) is 22.7. The summed E-state index contributed by atoms with van der Waals surface area (Å²) in [6.07, 6.45) is 0.425. The number of ketones is 1. The van der Waals surface area contributed by atoms with E-state index in [-0.39, 0.29) is 33.6 Å². The van der Waals surface area contributed by atoms with E-state index in [9.17, 15) is 60.0 Å². The van der Waals surface area contributed by atoms with Crippen molar-refractivity contribution in [1.82, 2.24) is 19.2 Å². The number of rotatable bonds is 6. The van der Waals surface area contributed by atoms with Crippen LogP contribution in [0, 0.1) is 30.6 Å². The largest absolute Gasteiger partial charge is 0.507 e. The topological polar surface area (TPSA) is 336 Å². The summed E-state index contributed by atoms with van der Waals surface area (Å²) in [7, 11) is 1.39. The predicted molar refractivity (Wildman–Crippen MR) is 252 cm³/mol. The Hall–Kier alpha value is -6.73. The average Bonchev–Trinajstić information content (AvgIpc) is 3.98. The Morgan fingerprint density at radius 3 is 2.27 bits per heavy atom. The lowest BCUT2D eigenvalue weighted by Crippen LogP contribution is -2.46. The first kappa shape index (κ1) is 52.1. The van der Waals surface area contributed by atoms with Crippen LogP contribution in [-0.2, 0) is 28.5 Å². The molecule has 4 aromatic rings. The lowest BCUT2D eigenvalue weighted by Gasteiger charge is -2.38. The number of imidazole rings is 1. The van der Waals surface area contributed by atoms with E-state index in [4.69, 9.17) is 23.7 Å². The molecule has 0 spiro atoms.